The summed E-state index contributed by atoms with van der Waals surface area (Å²) in [6, 6.07) is 0. The van der Waals surface area contributed by atoms with E-state index < -0.39 is 29.0 Å². The molecule has 0 amide bonds. The van der Waals surface area contributed by atoms with Crippen LogP contribution >= 0.6 is 0 Å². The Morgan fingerprint density at radius 3 is 1.96 bits per heavy atom. The Kier molecular flexibility index (Phi) is 8.19. The summed E-state index contributed by atoms with van der Waals surface area (Å²) in [4.78, 5) is 32.4. The third-order valence-corrected chi connectivity index (χ3v) is 3.21. The van der Waals surface area contributed by atoms with Gasteiger partial charge in [0.25, 0.3) is 5.97 Å². The highest BCUT2D eigenvalue weighted by atomic mass is 16.6. The smallest absolute Gasteiger partial charge is 0.338 e. The van der Waals surface area contributed by atoms with Gasteiger partial charge in [0.1, 0.15) is 5.60 Å². The van der Waals surface area contributed by atoms with Crippen molar-refractivity contribution >= 4 is 17.9 Å². The average molecular weight is 332 g/mol. The zero-order chi connectivity index (χ0) is 18.3. The molecule has 0 aromatic carbocycles. The molecule has 1 aliphatic heterocycles. The second kappa shape index (κ2) is 8.83. The lowest BCUT2D eigenvalue weighted by molar-refractivity contribution is -0.170. The van der Waals surface area contributed by atoms with Crippen molar-refractivity contribution in [3.63, 3.8) is 0 Å². The molecule has 0 bridgehead atoms. The molecule has 0 aliphatic carbocycles. The van der Waals surface area contributed by atoms with Crippen LogP contribution in [0.25, 0.3) is 0 Å². The SMILES string of the molecule is CC(=O)O.CC(C)(C)OC(=O)[C@](N)(CC1CCNCC1)C(=O)O. The Morgan fingerprint density at radius 1 is 1.17 bits per heavy atom. The molecule has 0 saturated carbocycles. The normalized spacial score (nSPS) is 18.1. The number of nitrogens with two attached hydrogens (primary N) is 1. The van der Waals surface area contributed by atoms with Gasteiger partial charge in [0, 0.05) is 6.92 Å². The number of ether oxygens (including phenoxy) is 1. The number of piperidine rings is 1. The summed E-state index contributed by atoms with van der Waals surface area (Å²) >= 11 is 0. The van der Waals surface area contributed by atoms with Crippen LogP contribution in [0.3, 0.4) is 0 Å². The predicted octanol–water partition coefficient (Wildman–Crippen LogP) is 0.591. The topological polar surface area (TPSA) is 139 Å². The van der Waals surface area contributed by atoms with Crippen molar-refractivity contribution in [3.05, 3.63) is 0 Å². The number of carboxylic acids is 2. The molecule has 0 aromatic heterocycles. The van der Waals surface area contributed by atoms with Crippen LogP contribution in [0.2, 0.25) is 0 Å². The number of esters is 1. The summed E-state index contributed by atoms with van der Waals surface area (Å²) in [5.41, 5.74) is 3.13. The quantitative estimate of drug-likeness (QED) is 0.433. The van der Waals surface area contributed by atoms with Crippen LogP contribution in [0.4, 0.5) is 0 Å². The number of aliphatic carboxylic acids is 2. The van der Waals surface area contributed by atoms with E-state index in [4.69, 9.17) is 20.4 Å². The summed E-state index contributed by atoms with van der Waals surface area (Å²) in [7, 11) is 0. The van der Waals surface area contributed by atoms with E-state index in [1.165, 1.54) is 0 Å². The highest BCUT2D eigenvalue weighted by Crippen LogP contribution is 2.25. The first kappa shape index (κ1) is 21.3. The first-order valence-electron chi connectivity index (χ1n) is 7.54. The van der Waals surface area contributed by atoms with E-state index in [9.17, 15) is 14.7 Å². The molecule has 134 valence electrons. The van der Waals surface area contributed by atoms with Gasteiger partial charge in [-0.1, -0.05) is 0 Å². The van der Waals surface area contributed by atoms with Crippen LogP contribution in [0.15, 0.2) is 0 Å². The summed E-state index contributed by atoms with van der Waals surface area (Å²) in [5, 5.41) is 19.9. The largest absolute Gasteiger partial charge is 0.481 e. The molecular weight excluding hydrogens is 304 g/mol. The molecule has 1 saturated heterocycles. The maximum absolute atomic E-state index is 12.1. The minimum atomic E-state index is -1.95. The van der Waals surface area contributed by atoms with Gasteiger partial charge in [0.15, 0.2) is 0 Å². The fourth-order valence-electron chi connectivity index (χ4n) is 2.17. The molecule has 1 heterocycles. The predicted molar refractivity (Wildman–Crippen MR) is 83.9 cm³/mol. The number of rotatable bonds is 4. The Labute approximate surface area is 136 Å². The molecule has 0 spiro atoms. The highest BCUT2D eigenvalue weighted by molar-refractivity contribution is 6.03. The number of carbonyl (C=O) groups is 3. The molecule has 0 unspecified atom stereocenters. The van der Waals surface area contributed by atoms with Gasteiger partial charge in [0.05, 0.1) is 0 Å². The molecule has 8 heteroatoms. The average Bonchev–Trinajstić information content (AvgIpc) is 2.36. The van der Waals surface area contributed by atoms with E-state index in [2.05, 4.69) is 5.32 Å². The lowest BCUT2D eigenvalue weighted by Gasteiger charge is -2.32. The van der Waals surface area contributed by atoms with Gasteiger partial charge in [-0.15, -0.1) is 0 Å². The number of hydrogen-bond donors (Lipinski definition) is 4. The van der Waals surface area contributed by atoms with Crippen molar-refractivity contribution < 1.29 is 29.3 Å². The first-order chi connectivity index (χ1) is 10.4. The second-order valence-electron chi connectivity index (χ2n) is 6.69. The molecule has 0 aromatic rings. The van der Waals surface area contributed by atoms with E-state index in [0.29, 0.717) is 0 Å². The van der Waals surface area contributed by atoms with Gasteiger partial charge >= 0.3 is 11.9 Å². The van der Waals surface area contributed by atoms with Crippen LogP contribution in [0.5, 0.6) is 0 Å². The minimum Gasteiger partial charge on any atom is -0.481 e. The number of hydrogen-bond acceptors (Lipinski definition) is 6. The summed E-state index contributed by atoms with van der Waals surface area (Å²) in [6.07, 6.45) is 1.78. The van der Waals surface area contributed by atoms with Gasteiger partial charge in [-0.3, -0.25) is 4.79 Å². The highest BCUT2D eigenvalue weighted by Gasteiger charge is 2.47. The molecule has 1 atom stereocenters. The zero-order valence-electron chi connectivity index (χ0n) is 14.2. The van der Waals surface area contributed by atoms with E-state index >= 15 is 0 Å². The van der Waals surface area contributed by atoms with Crippen molar-refractivity contribution in [2.45, 2.75) is 58.1 Å². The van der Waals surface area contributed by atoms with Gasteiger partial charge < -0.3 is 26.0 Å². The Morgan fingerprint density at radius 2 is 1.61 bits per heavy atom. The van der Waals surface area contributed by atoms with Gasteiger partial charge in [-0.2, -0.15) is 0 Å². The Hall–Kier alpha value is -1.67. The Bertz CT molecular complexity index is 422. The van der Waals surface area contributed by atoms with Crippen LogP contribution in [-0.4, -0.2) is 52.4 Å². The molecular formula is C15H28N2O6. The van der Waals surface area contributed by atoms with E-state index in [0.717, 1.165) is 32.9 Å². The van der Waals surface area contributed by atoms with Crippen LogP contribution in [0, 0.1) is 5.92 Å². The van der Waals surface area contributed by atoms with Crippen molar-refractivity contribution in [2.24, 2.45) is 11.7 Å². The monoisotopic (exact) mass is 332 g/mol. The Balaban J connectivity index is 0.00000108. The second-order valence-corrected chi connectivity index (χ2v) is 6.69. The number of carbonyl (C=O) groups excluding carboxylic acids is 1. The third kappa shape index (κ3) is 8.51. The lowest BCUT2D eigenvalue weighted by Crippen LogP contribution is -2.58. The van der Waals surface area contributed by atoms with E-state index in [1.807, 2.05) is 0 Å². The standard InChI is InChI=1S/C13H24N2O4.C2H4O2/c1-12(2,3)19-11(18)13(14,10(16)17)8-9-4-6-15-7-5-9;1-2(3)4/h9,15H,4-8,14H2,1-3H3,(H,16,17);1H3,(H,3,4)/t13-;/m0./s1. The van der Waals surface area contributed by atoms with E-state index in [1.54, 1.807) is 20.8 Å². The lowest BCUT2D eigenvalue weighted by atomic mass is 9.83. The fraction of sp³-hybridized carbons (Fsp3) is 0.800. The molecule has 23 heavy (non-hydrogen) atoms. The van der Waals surface area contributed by atoms with Crippen molar-refractivity contribution in [3.8, 4) is 0 Å². The van der Waals surface area contributed by atoms with Crippen LogP contribution < -0.4 is 11.1 Å². The summed E-state index contributed by atoms with van der Waals surface area (Å²) in [5.74, 6) is -2.87. The zero-order valence-corrected chi connectivity index (χ0v) is 14.2. The van der Waals surface area contributed by atoms with Crippen LogP contribution in [-0.2, 0) is 19.1 Å². The van der Waals surface area contributed by atoms with Crippen molar-refractivity contribution in [1.82, 2.24) is 5.32 Å². The number of nitrogens with one attached hydrogen (secondary N) is 1. The fourth-order valence-corrected chi connectivity index (χ4v) is 2.17. The molecule has 1 aliphatic rings. The van der Waals surface area contributed by atoms with Crippen LogP contribution in [0.1, 0.15) is 47.0 Å². The van der Waals surface area contributed by atoms with Crippen molar-refractivity contribution in [2.75, 3.05) is 13.1 Å². The van der Waals surface area contributed by atoms with Gasteiger partial charge in [0.2, 0.25) is 5.54 Å². The van der Waals surface area contributed by atoms with Gasteiger partial charge in [-0.05, 0) is 59.0 Å². The molecule has 1 fully saturated rings. The number of carboxylic acid groups (broad SMARTS) is 2. The summed E-state index contributed by atoms with van der Waals surface area (Å²) in [6.45, 7) is 7.82. The molecule has 1 rings (SSSR count). The molecule has 8 nitrogen and oxygen atoms in total. The minimum absolute atomic E-state index is 0.124. The maximum Gasteiger partial charge on any atom is 0.338 e. The van der Waals surface area contributed by atoms with Crippen molar-refractivity contribution in [1.29, 1.82) is 0 Å². The molecule has 5 N–H and O–H groups in total. The maximum atomic E-state index is 12.1. The van der Waals surface area contributed by atoms with E-state index in [-0.39, 0.29) is 12.3 Å². The first-order valence-corrected chi connectivity index (χ1v) is 7.54. The van der Waals surface area contributed by atoms with Gasteiger partial charge in [-0.25, -0.2) is 9.59 Å². The third-order valence-electron chi connectivity index (χ3n) is 3.21. The summed E-state index contributed by atoms with van der Waals surface area (Å²) < 4.78 is 5.15. The molecule has 0 radical (unpaired) electrons.